The zero-order chi connectivity index (χ0) is 8.98. The Labute approximate surface area is 88.1 Å². The number of hydrogen-bond acceptors (Lipinski definition) is 1. The fourth-order valence-corrected chi connectivity index (χ4v) is 4.76. The molecule has 0 radical (unpaired) electrons. The third-order valence-corrected chi connectivity index (χ3v) is 6.32. The summed E-state index contributed by atoms with van der Waals surface area (Å²) in [4.78, 5) is 0. The van der Waals surface area contributed by atoms with Gasteiger partial charge in [-0.25, -0.2) is 0 Å². The molecule has 0 amide bonds. The lowest BCUT2D eigenvalue weighted by atomic mass is 9.70. The number of rotatable bonds is 1. The van der Waals surface area contributed by atoms with Crippen molar-refractivity contribution in [1.82, 2.24) is 0 Å². The van der Waals surface area contributed by atoms with E-state index >= 15 is 0 Å². The molecule has 2 saturated carbocycles. The van der Waals surface area contributed by atoms with Crippen molar-refractivity contribution < 1.29 is 5.11 Å². The Morgan fingerprint density at radius 1 is 1.50 bits per heavy atom. The molecule has 70 valence electrons. The van der Waals surface area contributed by atoms with Crippen LogP contribution in [0, 0.1) is 16.7 Å². The number of aliphatic hydroxyl groups excluding tert-OH is 1. The molecule has 2 fully saturated rings. The summed E-state index contributed by atoms with van der Waals surface area (Å²) in [5.41, 5.74) is 0.631. The molecule has 0 unspecified atom stereocenters. The maximum absolute atomic E-state index is 9.94. The Morgan fingerprint density at radius 3 is 2.42 bits per heavy atom. The first-order valence-corrected chi connectivity index (χ1v) is 6.31. The lowest BCUT2D eigenvalue weighted by molar-refractivity contribution is 0.0154. The number of halogens is 1. The summed E-state index contributed by atoms with van der Waals surface area (Å²) < 4.78 is 1.20. The van der Waals surface area contributed by atoms with Crippen LogP contribution >= 0.6 is 22.6 Å². The van der Waals surface area contributed by atoms with Gasteiger partial charge in [-0.3, -0.25) is 0 Å². The number of fused-ring (bicyclic) bond motifs is 2. The average molecular weight is 280 g/mol. The second-order valence-electron chi connectivity index (χ2n) is 4.96. The van der Waals surface area contributed by atoms with Crippen molar-refractivity contribution >= 4 is 22.6 Å². The fraction of sp³-hybridized carbons (Fsp3) is 1.00. The maximum atomic E-state index is 9.94. The van der Waals surface area contributed by atoms with E-state index in [2.05, 4.69) is 36.4 Å². The molecule has 2 heteroatoms. The van der Waals surface area contributed by atoms with Gasteiger partial charge in [0.1, 0.15) is 0 Å². The van der Waals surface area contributed by atoms with Crippen LogP contribution in [0.25, 0.3) is 0 Å². The van der Waals surface area contributed by atoms with E-state index in [-0.39, 0.29) is 11.5 Å². The molecule has 0 aromatic rings. The van der Waals surface area contributed by atoms with Gasteiger partial charge in [0.2, 0.25) is 0 Å². The number of aliphatic hydroxyl groups is 1. The van der Waals surface area contributed by atoms with Crippen molar-refractivity contribution in [3.63, 3.8) is 0 Å². The largest absolute Gasteiger partial charge is 0.393 e. The molecule has 2 rings (SSSR count). The molecule has 0 saturated heterocycles. The van der Waals surface area contributed by atoms with Crippen LogP contribution in [0.15, 0.2) is 0 Å². The molecule has 0 heterocycles. The highest BCUT2D eigenvalue weighted by atomic mass is 127. The maximum Gasteiger partial charge on any atom is 0.0602 e. The second kappa shape index (κ2) is 2.59. The summed E-state index contributed by atoms with van der Waals surface area (Å²) in [5, 5.41) is 9.94. The summed E-state index contributed by atoms with van der Waals surface area (Å²) in [5.74, 6) is 0.786. The summed E-state index contributed by atoms with van der Waals surface area (Å²) in [6.45, 7) is 4.65. The van der Waals surface area contributed by atoms with Gasteiger partial charge in [-0.2, -0.15) is 0 Å². The Morgan fingerprint density at radius 2 is 2.17 bits per heavy atom. The molecule has 0 spiro atoms. The van der Waals surface area contributed by atoms with Gasteiger partial charge in [-0.05, 0) is 36.0 Å². The SMILES string of the molecule is C[C@@]1(CI)[C@@H]2CC[C@]1(C)[C@@H](O)C2. The number of hydrogen-bond donors (Lipinski definition) is 1. The summed E-state index contributed by atoms with van der Waals surface area (Å²) in [6, 6.07) is 0. The van der Waals surface area contributed by atoms with E-state index in [9.17, 15) is 5.11 Å². The summed E-state index contributed by atoms with van der Waals surface area (Å²) in [7, 11) is 0. The van der Waals surface area contributed by atoms with Crippen LogP contribution < -0.4 is 0 Å². The molecule has 0 aromatic carbocycles. The third-order valence-electron chi connectivity index (χ3n) is 4.74. The molecule has 2 aliphatic rings. The Hall–Kier alpha value is 0.690. The minimum Gasteiger partial charge on any atom is -0.393 e. The minimum atomic E-state index is -0.0315. The van der Waals surface area contributed by atoms with Crippen LogP contribution in [0.5, 0.6) is 0 Å². The first-order valence-electron chi connectivity index (χ1n) is 4.78. The predicted octanol–water partition coefficient (Wildman–Crippen LogP) is 2.61. The molecular formula is C10H17IO. The quantitative estimate of drug-likeness (QED) is 0.578. The standard InChI is InChI=1S/C10H17IO/c1-9-4-3-7(5-8(9)12)10(9,2)6-11/h7-8,12H,3-6H2,1-2H3/t7-,8+,9-,10-/m1/s1. The lowest BCUT2D eigenvalue weighted by Crippen LogP contribution is -2.38. The highest BCUT2D eigenvalue weighted by Crippen LogP contribution is 2.66. The monoisotopic (exact) mass is 280 g/mol. The van der Waals surface area contributed by atoms with Crippen LogP contribution in [0.4, 0.5) is 0 Å². The molecule has 1 N–H and O–H groups in total. The Balaban J connectivity index is 2.38. The van der Waals surface area contributed by atoms with Gasteiger partial charge in [-0.15, -0.1) is 0 Å². The zero-order valence-corrected chi connectivity index (χ0v) is 9.97. The predicted molar refractivity (Wildman–Crippen MR) is 58.4 cm³/mol. The topological polar surface area (TPSA) is 20.2 Å². The van der Waals surface area contributed by atoms with Gasteiger partial charge in [0.05, 0.1) is 6.10 Å². The second-order valence-corrected chi connectivity index (χ2v) is 5.72. The van der Waals surface area contributed by atoms with E-state index < -0.39 is 0 Å². The van der Waals surface area contributed by atoms with Crippen molar-refractivity contribution in [3.8, 4) is 0 Å². The minimum absolute atomic E-state index is 0.0315. The zero-order valence-electron chi connectivity index (χ0n) is 7.81. The Kier molecular flexibility index (Phi) is 2.00. The fourth-order valence-electron chi connectivity index (χ4n) is 3.26. The van der Waals surface area contributed by atoms with Crippen molar-refractivity contribution in [2.75, 3.05) is 4.43 Å². The van der Waals surface area contributed by atoms with Crippen molar-refractivity contribution in [2.24, 2.45) is 16.7 Å². The van der Waals surface area contributed by atoms with Gasteiger partial charge >= 0.3 is 0 Å². The molecule has 2 aliphatic carbocycles. The first kappa shape index (κ1) is 9.25. The third kappa shape index (κ3) is 0.834. The normalized spacial score (nSPS) is 58.0. The van der Waals surface area contributed by atoms with Gasteiger partial charge in [0.25, 0.3) is 0 Å². The molecular weight excluding hydrogens is 263 g/mol. The Bertz CT molecular complexity index is 204. The van der Waals surface area contributed by atoms with Crippen LogP contribution in [0.2, 0.25) is 0 Å². The van der Waals surface area contributed by atoms with Crippen LogP contribution in [-0.2, 0) is 0 Å². The number of alkyl halides is 1. The molecule has 0 aliphatic heterocycles. The van der Waals surface area contributed by atoms with Crippen molar-refractivity contribution in [1.29, 1.82) is 0 Å². The van der Waals surface area contributed by atoms with Gasteiger partial charge in [-0.1, -0.05) is 36.4 Å². The van der Waals surface area contributed by atoms with Crippen LogP contribution in [-0.4, -0.2) is 15.6 Å². The first-order chi connectivity index (χ1) is 5.54. The van der Waals surface area contributed by atoms with Crippen LogP contribution in [0.1, 0.15) is 33.1 Å². The van der Waals surface area contributed by atoms with E-state index in [0.29, 0.717) is 5.41 Å². The summed E-state index contributed by atoms with van der Waals surface area (Å²) in [6.07, 6.45) is 3.59. The van der Waals surface area contributed by atoms with Crippen molar-refractivity contribution in [3.05, 3.63) is 0 Å². The van der Waals surface area contributed by atoms with E-state index in [1.165, 1.54) is 17.3 Å². The highest BCUT2D eigenvalue weighted by molar-refractivity contribution is 14.1. The van der Waals surface area contributed by atoms with E-state index in [4.69, 9.17) is 0 Å². The smallest absolute Gasteiger partial charge is 0.0602 e. The summed E-state index contributed by atoms with van der Waals surface area (Å²) >= 11 is 2.49. The van der Waals surface area contributed by atoms with Crippen molar-refractivity contribution in [2.45, 2.75) is 39.2 Å². The van der Waals surface area contributed by atoms with Gasteiger partial charge in [0.15, 0.2) is 0 Å². The highest BCUT2D eigenvalue weighted by Gasteiger charge is 2.62. The van der Waals surface area contributed by atoms with Crippen LogP contribution in [0.3, 0.4) is 0 Å². The van der Waals surface area contributed by atoms with E-state index in [1.54, 1.807) is 0 Å². The lowest BCUT2D eigenvalue weighted by Gasteiger charge is -2.38. The molecule has 0 aromatic heterocycles. The molecule has 4 atom stereocenters. The molecule has 12 heavy (non-hydrogen) atoms. The molecule has 2 bridgehead atoms. The average Bonchev–Trinajstić information content (AvgIpc) is 2.39. The molecule has 1 nitrogen and oxygen atoms in total. The van der Waals surface area contributed by atoms with E-state index in [0.717, 1.165) is 12.3 Å². The van der Waals surface area contributed by atoms with E-state index in [1.807, 2.05) is 0 Å². The van der Waals surface area contributed by atoms with Gasteiger partial charge < -0.3 is 5.11 Å². The van der Waals surface area contributed by atoms with Gasteiger partial charge in [0, 0.05) is 4.43 Å².